The van der Waals surface area contributed by atoms with Gasteiger partial charge in [0.2, 0.25) is 0 Å². The lowest BCUT2D eigenvalue weighted by Gasteiger charge is -2.15. The van der Waals surface area contributed by atoms with Gasteiger partial charge < -0.3 is 9.47 Å². The summed E-state index contributed by atoms with van der Waals surface area (Å²) in [4.78, 5) is 11.8. The van der Waals surface area contributed by atoms with Crippen molar-refractivity contribution in [3.05, 3.63) is 42.0 Å². The van der Waals surface area contributed by atoms with Crippen LogP contribution in [0, 0.1) is 0 Å². The van der Waals surface area contributed by atoms with Crippen LogP contribution >= 0.6 is 11.8 Å². The first kappa shape index (κ1) is 15.2. The van der Waals surface area contributed by atoms with Gasteiger partial charge in [-0.25, -0.2) is 4.79 Å². The molecule has 3 nitrogen and oxygen atoms in total. The second kappa shape index (κ2) is 6.61. The minimum Gasteiger partial charge on any atom is -0.431 e. The van der Waals surface area contributed by atoms with Crippen molar-refractivity contribution in [3.63, 3.8) is 0 Å². The van der Waals surface area contributed by atoms with Crippen molar-refractivity contribution >= 4 is 28.7 Å². The molecule has 1 saturated heterocycles. The van der Waals surface area contributed by atoms with E-state index >= 15 is 0 Å². The van der Waals surface area contributed by atoms with Gasteiger partial charge in [0.1, 0.15) is 5.75 Å². The molecular formula is C18H20O3S. The Morgan fingerprint density at radius 2 is 1.95 bits per heavy atom. The van der Waals surface area contributed by atoms with Gasteiger partial charge in [-0.3, -0.25) is 0 Å². The molecule has 2 aromatic carbocycles. The van der Waals surface area contributed by atoms with Crippen LogP contribution in [-0.4, -0.2) is 18.0 Å². The van der Waals surface area contributed by atoms with Crippen molar-refractivity contribution in [2.75, 3.05) is 5.75 Å². The minimum atomic E-state index is -0.650. The van der Waals surface area contributed by atoms with Gasteiger partial charge in [0, 0.05) is 10.6 Å². The van der Waals surface area contributed by atoms with E-state index in [9.17, 15) is 4.79 Å². The summed E-state index contributed by atoms with van der Waals surface area (Å²) in [6.45, 7) is 3.61. The van der Waals surface area contributed by atoms with E-state index in [1.807, 2.05) is 36.0 Å². The Morgan fingerprint density at radius 3 is 2.64 bits per heavy atom. The van der Waals surface area contributed by atoms with Crippen molar-refractivity contribution in [2.45, 2.75) is 38.0 Å². The standard InChI is InChI=1S/C18H20O3S/c1-12(2)20-18(19)21-16-10-9-15(17-8-5-11-22-17)13-6-3-4-7-14(13)16/h3-4,6-7,9-10,12,17H,5,8,11H2,1-2H3. The van der Waals surface area contributed by atoms with E-state index in [4.69, 9.17) is 9.47 Å². The molecule has 1 aliphatic heterocycles. The summed E-state index contributed by atoms with van der Waals surface area (Å²) in [5.74, 6) is 1.78. The molecule has 2 aromatic rings. The molecule has 0 bridgehead atoms. The molecule has 3 rings (SSSR count). The second-order valence-electron chi connectivity index (χ2n) is 5.72. The molecule has 1 fully saturated rings. The summed E-state index contributed by atoms with van der Waals surface area (Å²) in [7, 11) is 0. The lowest BCUT2D eigenvalue weighted by Crippen LogP contribution is -2.15. The third kappa shape index (κ3) is 3.22. The zero-order chi connectivity index (χ0) is 15.5. The lowest BCUT2D eigenvalue weighted by atomic mass is 9.99. The highest BCUT2D eigenvalue weighted by Crippen LogP contribution is 2.44. The maximum atomic E-state index is 11.8. The zero-order valence-corrected chi connectivity index (χ0v) is 13.7. The molecule has 0 radical (unpaired) electrons. The fourth-order valence-corrected chi connectivity index (χ4v) is 4.13. The first-order chi connectivity index (χ1) is 10.6. The molecule has 0 spiro atoms. The van der Waals surface area contributed by atoms with E-state index in [2.05, 4.69) is 12.1 Å². The van der Waals surface area contributed by atoms with Crippen LogP contribution in [0.2, 0.25) is 0 Å². The van der Waals surface area contributed by atoms with Gasteiger partial charge in [-0.15, -0.1) is 0 Å². The highest BCUT2D eigenvalue weighted by Gasteiger charge is 2.21. The third-order valence-corrected chi connectivity index (χ3v) is 5.14. The zero-order valence-electron chi connectivity index (χ0n) is 12.9. The number of benzene rings is 2. The highest BCUT2D eigenvalue weighted by atomic mass is 32.2. The maximum absolute atomic E-state index is 11.8. The number of carbonyl (C=O) groups excluding carboxylic acids is 1. The third-order valence-electron chi connectivity index (χ3n) is 3.72. The van der Waals surface area contributed by atoms with Gasteiger partial charge in [0.25, 0.3) is 0 Å². The average Bonchev–Trinajstić information content (AvgIpc) is 3.01. The van der Waals surface area contributed by atoms with Crippen molar-refractivity contribution in [3.8, 4) is 5.75 Å². The molecule has 0 saturated carbocycles. The Morgan fingerprint density at radius 1 is 1.18 bits per heavy atom. The van der Waals surface area contributed by atoms with Gasteiger partial charge in [-0.05, 0) is 49.5 Å². The van der Waals surface area contributed by atoms with Crippen LogP contribution < -0.4 is 4.74 Å². The molecule has 22 heavy (non-hydrogen) atoms. The van der Waals surface area contributed by atoms with Crippen LogP contribution in [0.1, 0.15) is 37.5 Å². The maximum Gasteiger partial charge on any atom is 0.514 e. The van der Waals surface area contributed by atoms with Gasteiger partial charge in [0.15, 0.2) is 0 Å². The van der Waals surface area contributed by atoms with Crippen molar-refractivity contribution in [2.24, 2.45) is 0 Å². The molecule has 1 unspecified atom stereocenters. The van der Waals surface area contributed by atoms with Crippen LogP contribution in [0.5, 0.6) is 5.75 Å². The number of thioether (sulfide) groups is 1. The van der Waals surface area contributed by atoms with E-state index in [0.29, 0.717) is 11.0 Å². The van der Waals surface area contributed by atoms with Gasteiger partial charge >= 0.3 is 6.16 Å². The molecule has 0 amide bonds. The van der Waals surface area contributed by atoms with E-state index in [1.165, 1.54) is 24.2 Å². The number of hydrogen-bond acceptors (Lipinski definition) is 4. The van der Waals surface area contributed by atoms with Gasteiger partial charge in [-0.1, -0.05) is 30.3 Å². The molecule has 4 heteroatoms. The number of ether oxygens (including phenoxy) is 2. The molecule has 1 aliphatic rings. The smallest absolute Gasteiger partial charge is 0.431 e. The van der Waals surface area contributed by atoms with E-state index in [0.717, 1.165) is 10.8 Å². The molecule has 0 aliphatic carbocycles. The number of hydrogen-bond donors (Lipinski definition) is 0. The summed E-state index contributed by atoms with van der Waals surface area (Å²) < 4.78 is 10.5. The van der Waals surface area contributed by atoms with Crippen molar-refractivity contribution in [1.29, 1.82) is 0 Å². The Kier molecular flexibility index (Phi) is 4.57. The van der Waals surface area contributed by atoms with Gasteiger partial charge in [0.05, 0.1) is 6.10 Å². The minimum absolute atomic E-state index is 0.187. The predicted octanol–water partition coefficient (Wildman–Crippen LogP) is 5.33. The molecule has 0 N–H and O–H groups in total. The summed E-state index contributed by atoms with van der Waals surface area (Å²) in [5, 5.41) is 2.67. The Hall–Kier alpha value is -1.68. The van der Waals surface area contributed by atoms with Gasteiger partial charge in [-0.2, -0.15) is 11.8 Å². The Balaban J connectivity index is 1.95. The fourth-order valence-electron chi connectivity index (χ4n) is 2.79. The predicted molar refractivity (Wildman–Crippen MR) is 90.6 cm³/mol. The Bertz CT molecular complexity index is 675. The molecule has 1 heterocycles. The van der Waals surface area contributed by atoms with Crippen molar-refractivity contribution in [1.82, 2.24) is 0 Å². The lowest BCUT2D eigenvalue weighted by molar-refractivity contribution is 0.0733. The second-order valence-corrected chi connectivity index (χ2v) is 7.03. The van der Waals surface area contributed by atoms with Crippen LogP contribution in [-0.2, 0) is 4.74 Å². The van der Waals surface area contributed by atoms with Crippen LogP contribution in [0.25, 0.3) is 10.8 Å². The summed E-state index contributed by atoms with van der Waals surface area (Å²) in [6.07, 6.45) is 1.64. The van der Waals surface area contributed by atoms with Crippen molar-refractivity contribution < 1.29 is 14.3 Å². The fraction of sp³-hybridized carbons (Fsp3) is 0.389. The highest BCUT2D eigenvalue weighted by molar-refractivity contribution is 7.99. The number of carbonyl (C=O) groups is 1. The average molecular weight is 316 g/mol. The molecular weight excluding hydrogens is 296 g/mol. The molecule has 1 atom stereocenters. The van der Waals surface area contributed by atoms with E-state index in [1.54, 1.807) is 13.8 Å². The first-order valence-electron chi connectivity index (χ1n) is 7.67. The SMILES string of the molecule is CC(C)OC(=O)Oc1ccc(C2CCCS2)c2ccccc12. The van der Waals surface area contributed by atoms with Crippen LogP contribution in [0.4, 0.5) is 4.79 Å². The number of rotatable bonds is 3. The quantitative estimate of drug-likeness (QED) is 0.566. The largest absolute Gasteiger partial charge is 0.514 e. The monoisotopic (exact) mass is 316 g/mol. The normalized spacial score (nSPS) is 17.9. The molecule has 116 valence electrons. The van der Waals surface area contributed by atoms with E-state index < -0.39 is 6.16 Å². The summed E-state index contributed by atoms with van der Waals surface area (Å²) in [6, 6.07) is 12.1. The topological polar surface area (TPSA) is 35.5 Å². The van der Waals surface area contributed by atoms with Crippen LogP contribution in [0.15, 0.2) is 36.4 Å². The Labute approximate surface area is 135 Å². The van der Waals surface area contributed by atoms with Crippen LogP contribution in [0.3, 0.4) is 0 Å². The molecule has 0 aromatic heterocycles. The first-order valence-corrected chi connectivity index (χ1v) is 8.71. The van der Waals surface area contributed by atoms with E-state index in [-0.39, 0.29) is 6.10 Å². The number of fused-ring (bicyclic) bond motifs is 1. The summed E-state index contributed by atoms with van der Waals surface area (Å²) >= 11 is 2.01. The summed E-state index contributed by atoms with van der Waals surface area (Å²) in [5.41, 5.74) is 1.34.